The van der Waals surface area contributed by atoms with Gasteiger partial charge in [-0.15, -0.1) is 0 Å². The van der Waals surface area contributed by atoms with Gasteiger partial charge in [-0.2, -0.15) is 0 Å². The molecule has 0 aromatic carbocycles. The van der Waals surface area contributed by atoms with Crippen molar-refractivity contribution in [3.8, 4) is 0 Å². The Bertz CT molecular complexity index is 36.6. The molecule has 0 radical (unpaired) electrons. The standard InChI is InChI=1S/CH5B2NO/c1-5-3-2-4/h4H2,1H3. The second-order valence-corrected chi connectivity index (χ2v) is 0.564. The van der Waals surface area contributed by atoms with Gasteiger partial charge < -0.3 is 0 Å². The summed E-state index contributed by atoms with van der Waals surface area (Å²) in [6, 6.07) is 0. The fourth-order valence-electron chi connectivity index (χ4n) is 0.0786. The quantitative estimate of drug-likeness (QED) is 0.390. The molecule has 0 bridgehead atoms. The van der Waals surface area contributed by atoms with Crippen LogP contribution in [-0.2, 0) is 4.65 Å². The first kappa shape index (κ1) is 4.73. The topological polar surface area (TPSA) is 35.2 Å². The van der Waals surface area contributed by atoms with E-state index in [1.807, 2.05) is 0 Å². The van der Waals surface area contributed by atoms with Gasteiger partial charge in [-0.1, -0.05) is 0 Å². The first-order valence-corrected chi connectivity index (χ1v) is 1.31. The number of hydrogen-bond acceptors (Lipinski definition) is 2. The molecule has 0 amide bonds. The molecule has 0 atom stereocenters. The van der Waals surface area contributed by atoms with E-state index in [0.29, 0.717) is 0 Å². The SMILES string of the molecule is COB=BN. The van der Waals surface area contributed by atoms with Crippen molar-refractivity contribution in [1.29, 1.82) is 0 Å². The summed E-state index contributed by atoms with van der Waals surface area (Å²) in [4.78, 5) is 0. The van der Waals surface area contributed by atoms with E-state index in [4.69, 9.17) is 5.64 Å². The van der Waals surface area contributed by atoms with Gasteiger partial charge in [-0.3, -0.25) is 0 Å². The van der Waals surface area contributed by atoms with E-state index in [0.717, 1.165) is 0 Å². The van der Waals surface area contributed by atoms with Gasteiger partial charge >= 0.3 is 31.4 Å². The van der Waals surface area contributed by atoms with Crippen molar-refractivity contribution in [2.24, 2.45) is 5.64 Å². The molecule has 2 N–H and O–H groups in total. The Morgan fingerprint density at radius 2 is 2.40 bits per heavy atom. The van der Waals surface area contributed by atoms with Crippen LogP contribution in [0.2, 0.25) is 0 Å². The summed E-state index contributed by atoms with van der Waals surface area (Å²) < 4.78 is 4.39. The molecule has 0 aromatic heterocycles. The van der Waals surface area contributed by atoms with Gasteiger partial charge in [0, 0.05) is 0 Å². The average molecular weight is 68.7 g/mol. The Morgan fingerprint density at radius 1 is 1.80 bits per heavy atom. The number of hydrogen-bond donors (Lipinski definition) is 1. The molecule has 0 aliphatic heterocycles. The van der Waals surface area contributed by atoms with Crippen molar-refractivity contribution < 1.29 is 4.65 Å². The van der Waals surface area contributed by atoms with Crippen LogP contribution in [-0.4, -0.2) is 21.1 Å². The molecule has 0 aromatic rings. The van der Waals surface area contributed by atoms with Crippen molar-refractivity contribution in [2.45, 2.75) is 0 Å². The molecule has 0 unspecified atom stereocenters. The molecule has 2 nitrogen and oxygen atoms in total. The summed E-state index contributed by atoms with van der Waals surface area (Å²) in [5.41, 5.74) is 4.83. The van der Waals surface area contributed by atoms with Crippen LogP contribution in [0.25, 0.3) is 0 Å². The van der Waals surface area contributed by atoms with E-state index in [1.165, 1.54) is 13.9 Å². The third-order valence-corrected chi connectivity index (χ3v) is 0.215. The summed E-state index contributed by atoms with van der Waals surface area (Å²) in [6.45, 7) is 1.33. The Labute approximate surface area is 32.5 Å². The van der Waals surface area contributed by atoms with Crippen molar-refractivity contribution in [1.82, 2.24) is 0 Å². The Balaban J connectivity index is 2.62. The molecule has 0 heterocycles. The van der Waals surface area contributed by atoms with E-state index in [1.54, 1.807) is 7.11 Å². The van der Waals surface area contributed by atoms with Crippen LogP contribution in [0.1, 0.15) is 0 Å². The molecule has 0 rings (SSSR count). The summed E-state index contributed by atoms with van der Waals surface area (Å²) in [7, 11) is 2.95. The van der Waals surface area contributed by atoms with E-state index in [-0.39, 0.29) is 0 Å². The summed E-state index contributed by atoms with van der Waals surface area (Å²) >= 11 is 0. The van der Waals surface area contributed by atoms with Crippen LogP contribution in [0.3, 0.4) is 0 Å². The first-order valence-electron chi connectivity index (χ1n) is 1.31. The van der Waals surface area contributed by atoms with Crippen LogP contribution in [0.5, 0.6) is 0 Å². The zero-order chi connectivity index (χ0) is 4.12. The van der Waals surface area contributed by atoms with Gasteiger partial charge in [0.25, 0.3) is 0 Å². The number of rotatable bonds is 1. The zero-order valence-corrected chi connectivity index (χ0v) is 3.14. The van der Waals surface area contributed by atoms with Gasteiger partial charge in [-0.25, -0.2) is 0 Å². The summed E-state index contributed by atoms with van der Waals surface area (Å²) in [5.74, 6) is 0. The zero-order valence-electron chi connectivity index (χ0n) is 3.14. The second kappa shape index (κ2) is 3.73. The van der Waals surface area contributed by atoms with Crippen molar-refractivity contribution in [2.75, 3.05) is 7.11 Å². The maximum atomic E-state index is 4.83. The predicted octanol–water partition coefficient (Wildman–Crippen LogP) is -1.26. The molecule has 0 spiro atoms. The van der Waals surface area contributed by atoms with Crippen molar-refractivity contribution in [3.63, 3.8) is 0 Å². The fraction of sp³-hybridized carbons (Fsp3) is 1.00. The van der Waals surface area contributed by atoms with Crippen molar-refractivity contribution >= 4 is 13.9 Å². The molecule has 0 aliphatic rings. The molecule has 5 heavy (non-hydrogen) atoms. The van der Waals surface area contributed by atoms with Gasteiger partial charge in [0.2, 0.25) is 0 Å². The average Bonchev–Trinajstić information content (AvgIpc) is 1.41. The van der Waals surface area contributed by atoms with Crippen LogP contribution in [0.15, 0.2) is 0 Å². The van der Waals surface area contributed by atoms with E-state index >= 15 is 0 Å². The molecule has 0 saturated heterocycles. The third kappa shape index (κ3) is 3.73. The minimum absolute atomic E-state index is 1.33. The summed E-state index contributed by atoms with van der Waals surface area (Å²) in [6.07, 6.45) is 0. The molecule has 26 valence electrons. The van der Waals surface area contributed by atoms with Crippen LogP contribution in [0, 0.1) is 0 Å². The molecule has 4 heteroatoms. The molecular weight excluding hydrogens is 63.6 g/mol. The van der Waals surface area contributed by atoms with Gasteiger partial charge in [-0.05, 0) is 0 Å². The monoisotopic (exact) mass is 69.1 g/mol. The third-order valence-electron chi connectivity index (χ3n) is 0.215. The molecule has 0 fully saturated rings. The van der Waals surface area contributed by atoms with E-state index < -0.39 is 0 Å². The Morgan fingerprint density at radius 3 is 2.40 bits per heavy atom. The minimum atomic E-state index is 1.33. The van der Waals surface area contributed by atoms with Gasteiger partial charge in [0.15, 0.2) is 0 Å². The van der Waals surface area contributed by atoms with Gasteiger partial charge in [0.05, 0.1) is 0 Å². The predicted molar refractivity (Wildman–Crippen MR) is 22.7 cm³/mol. The fourth-order valence-corrected chi connectivity index (χ4v) is 0.0786. The maximum absolute atomic E-state index is 4.83. The van der Waals surface area contributed by atoms with E-state index in [2.05, 4.69) is 4.65 Å². The van der Waals surface area contributed by atoms with Crippen LogP contribution < -0.4 is 5.64 Å². The molecule has 0 saturated carbocycles. The first-order chi connectivity index (χ1) is 2.41. The summed E-state index contributed by atoms with van der Waals surface area (Å²) in [5, 5.41) is 0. The Hall–Kier alpha value is -0.270. The molecule has 0 aliphatic carbocycles. The second-order valence-electron chi connectivity index (χ2n) is 0.564. The Kier molecular flexibility index (Phi) is 3.53. The molecular formula is CH5B2NO. The normalized spacial score (nSPS) is 5.80. The van der Waals surface area contributed by atoms with Crippen molar-refractivity contribution in [3.05, 3.63) is 0 Å². The van der Waals surface area contributed by atoms with Crippen LogP contribution in [0.4, 0.5) is 0 Å². The number of nitrogens with two attached hydrogens (primary N) is 1. The van der Waals surface area contributed by atoms with Gasteiger partial charge in [0.1, 0.15) is 0 Å². The van der Waals surface area contributed by atoms with Crippen LogP contribution >= 0.6 is 0 Å². The van der Waals surface area contributed by atoms with E-state index in [9.17, 15) is 0 Å².